The SMILES string of the molecule is O=C(N[C@@H]1CCN2CCCC[C@H]12)N1C[C@@H]2CN3CCCC[C@@H]3[C@H]2C1. The van der Waals surface area contributed by atoms with E-state index in [0.29, 0.717) is 12.1 Å². The Morgan fingerprint density at radius 2 is 1.58 bits per heavy atom. The van der Waals surface area contributed by atoms with E-state index in [9.17, 15) is 4.79 Å². The Balaban J connectivity index is 1.19. The summed E-state index contributed by atoms with van der Waals surface area (Å²) in [5, 5.41) is 3.41. The maximum absolute atomic E-state index is 12.8. The minimum absolute atomic E-state index is 0.226. The summed E-state index contributed by atoms with van der Waals surface area (Å²) >= 11 is 0. The van der Waals surface area contributed by atoms with Crippen LogP contribution in [0.15, 0.2) is 0 Å². The lowest BCUT2D eigenvalue weighted by molar-refractivity contribution is 0.149. The van der Waals surface area contributed by atoms with Gasteiger partial charge in [-0.25, -0.2) is 4.79 Å². The third-order valence-electron chi connectivity index (χ3n) is 7.57. The molecule has 1 N–H and O–H groups in total. The van der Waals surface area contributed by atoms with Crippen molar-refractivity contribution < 1.29 is 4.79 Å². The first-order chi connectivity index (χ1) is 11.8. The molecule has 0 aliphatic carbocycles. The first-order valence-electron chi connectivity index (χ1n) is 10.3. The van der Waals surface area contributed by atoms with E-state index >= 15 is 0 Å². The molecule has 2 amide bonds. The molecule has 5 rings (SSSR count). The van der Waals surface area contributed by atoms with Crippen LogP contribution >= 0.6 is 0 Å². The average Bonchev–Trinajstić information content (AvgIpc) is 3.27. The third-order valence-corrected chi connectivity index (χ3v) is 7.57. The molecule has 5 aliphatic rings. The van der Waals surface area contributed by atoms with Gasteiger partial charge in [0.2, 0.25) is 0 Å². The molecule has 0 spiro atoms. The van der Waals surface area contributed by atoms with Crippen molar-refractivity contribution >= 4 is 6.03 Å². The second-order valence-corrected chi connectivity index (χ2v) is 8.83. The molecule has 5 heteroatoms. The van der Waals surface area contributed by atoms with E-state index in [4.69, 9.17) is 0 Å². The Labute approximate surface area is 145 Å². The minimum atomic E-state index is 0.226. The Kier molecular flexibility index (Phi) is 3.97. The number of rotatable bonds is 1. The normalized spacial score (nSPS) is 42.7. The van der Waals surface area contributed by atoms with Crippen LogP contribution in [0.3, 0.4) is 0 Å². The van der Waals surface area contributed by atoms with Crippen LogP contribution in [0.1, 0.15) is 44.9 Å². The van der Waals surface area contributed by atoms with Crippen LogP contribution in [0.4, 0.5) is 4.79 Å². The fraction of sp³-hybridized carbons (Fsp3) is 0.947. The predicted molar refractivity (Wildman–Crippen MR) is 93.9 cm³/mol. The fourth-order valence-electron chi connectivity index (χ4n) is 6.39. The van der Waals surface area contributed by atoms with Gasteiger partial charge in [0.05, 0.1) is 0 Å². The Hall–Kier alpha value is -0.810. The zero-order chi connectivity index (χ0) is 16.1. The number of amides is 2. The summed E-state index contributed by atoms with van der Waals surface area (Å²) in [6.07, 6.45) is 9.20. The highest BCUT2D eigenvalue weighted by molar-refractivity contribution is 5.75. The van der Waals surface area contributed by atoms with Gasteiger partial charge in [0.1, 0.15) is 0 Å². The molecule has 5 heterocycles. The van der Waals surface area contributed by atoms with Crippen molar-refractivity contribution in [2.75, 3.05) is 39.3 Å². The largest absolute Gasteiger partial charge is 0.334 e. The van der Waals surface area contributed by atoms with Crippen LogP contribution in [0.5, 0.6) is 0 Å². The molecule has 134 valence electrons. The topological polar surface area (TPSA) is 38.8 Å². The van der Waals surface area contributed by atoms with Gasteiger partial charge in [-0.1, -0.05) is 12.8 Å². The van der Waals surface area contributed by atoms with Gasteiger partial charge in [-0.15, -0.1) is 0 Å². The molecule has 0 aromatic carbocycles. The average molecular weight is 332 g/mol. The van der Waals surface area contributed by atoms with Gasteiger partial charge in [-0.05, 0) is 57.0 Å². The molecule has 5 saturated heterocycles. The van der Waals surface area contributed by atoms with Crippen molar-refractivity contribution in [1.29, 1.82) is 0 Å². The maximum Gasteiger partial charge on any atom is 0.317 e. The van der Waals surface area contributed by atoms with Crippen molar-refractivity contribution in [3.05, 3.63) is 0 Å². The number of piperidine rings is 2. The number of carbonyl (C=O) groups excluding carboxylic acids is 1. The molecule has 0 bridgehead atoms. The highest BCUT2D eigenvalue weighted by atomic mass is 16.2. The summed E-state index contributed by atoms with van der Waals surface area (Å²) in [4.78, 5) is 20.3. The zero-order valence-corrected chi connectivity index (χ0v) is 14.8. The Morgan fingerprint density at radius 1 is 0.792 bits per heavy atom. The lowest BCUT2D eigenvalue weighted by Crippen LogP contribution is -2.51. The molecule has 0 saturated carbocycles. The molecule has 0 aromatic heterocycles. The number of nitrogens with zero attached hydrogens (tertiary/aromatic N) is 3. The first-order valence-corrected chi connectivity index (χ1v) is 10.3. The van der Waals surface area contributed by atoms with Crippen molar-refractivity contribution in [2.45, 2.75) is 63.1 Å². The summed E-state index contributed by atoms with van der Waals surface area (Å²) in [6, 6.07) is 1.99. The van der Waals surface area contributed by atoms with Crippen LogP contribution in [0.2, 0.25) is 0 Å². The number of hydrogen-bond acceptors (Lipinski definition) is 3. The van der Waals surface area contributed by atoms with Gasteiger partial charge in [0.25, 0.3) is 0 Å². The number of nitrogens with one attached hydrogen (secondary N) is 1. The summed E-state index contributed by atoms with van der Waals surface area (Å²) in [7, 11) is 0. The number of hydrogen-bond donors (Lipinski definition) is 1. The fourth-order valence-corrected chi connectivity index (χ4v) is 6.39. The van der Waals surface area contributed by atoms with Crippen LogP contribution in [-0.2, 0) is 0 Å². The predicted octanol–water partition coefficient (Wildman–Crippen LogP) is 1.74. The van der Waals surface area contributed by atoms with Crippen LogP contribution < -0.4 is 5.32 Å². The van der Waals surface area contributed by atoms with E-state index in [0.717, 1.165) is 37.4 Å². The number of fused-ring (bicyclic) bond motifs is 4. The number of urea groups is 1. The number of carbonyl (C=O) groups is 1. The highest BCUT2D eigenvalue weighted by Gasteiger charge is 2.48. The van der Waals surface area contributed by atoms with E-state index in [2.05, 4.69) is 20.0 Å². The molecule has 5 fully saturated rings. The van der Waals surface area contributed by atoms with E-state index in [1.54, 1.807) is 0 Å². The summed E-state index contributed by atoms with van der Waals surface area (Å²) in [5.41, 5.74) is 0. The molecule has 0 unspecified atom stereocenters. The molecule has 5 nitrogen and oxygen atoms in total. The van der Waals surface area contributed by atoms with Crippen LogP contribution in [0.25, 0.3) is 0 Å². The lowest BCUT2D eigenvalue weighted by Gasteiger charge is -2.34. The molecule has 24 heavy (non-hydrogen) atoms. The van der Waals surface area contributed by atoms with Gasteiger partial charge in [0.15, 0.2) is 0 Å². The lowest BCUT2D eigenvalue weighted by atomic mass is 9.90. The van der Waals surface area contributed by atoms with E-state index in [1.165, 1.54) is 64.7 Å². The van der Waals surface area contributed by atoms with Crippen molar-refractivity contribution in [1.82, 2.24) is 20.0 Å². The molecular weight excluding hydrogens is 300 g/mol. The summed E-state index contributed by atoms with van der Waals surface area (Å²) in [5.74, 6) is 1.47. The standard InChI is InChI=1S/C19H32N4O/c24-19(20-16-7-10-21-8-3-2-6-18(16)21)23-12-14-11-22-9-4-1-5-17(22)15(14)13-23/h14-18H,1-13H2,(H,20,24)/t14-,15-,16+,17+,18+/m0/s1. The van der Waals surface area contributed by atoms with E-state index in [-0.39, 0.29) is 6.03 Å². The molecule has 5 aliphatic heterocycles. The summed E-state index contributed by atoms with van der Waals surface area (Å²) < 4.78 is 0. The van der Waals surface area contributed by atoms with Gasteiger partial charge in [-0.2, -0.15) is 0 Å². The third kappa shape index (κ3) is 2.55. The summed E-state index contributed by atoms with van der Waals surface area (Å²) in [6.45, 7) is 6.94. The quantitative estimate of drug-likeness (QED) is 0.795. The van der Waals surface area contributed by atoms with Gasteiger partial charge < -0.3 is 10.2 Å². The first kappa shape index (κ1) is 15.4. The molecular formula is C19H32N4O. The smallest absolute Gasteiger partial charge is 0.317 e. The zero-order valence-electron chi connectivity index (χ0n) is 14.8. The molecule has 0 aromatic rings. The van der Waals surface area contributed by atoms with E-state index < -0.39 is 0 Å². The highest BCUT2D eigenvalue weighted by Crippen LogP contribution is 2.40. The van der Waals surface area contributed by atoms with Crippen LogP contribution in [-0.4, -0.2) is 78.1 Å². The molecule has 5 atom stereocenters. The van der Waals surface area contributed by atoms with Crippen molar-refractivity contribution in [3.63, 3.8) is 0 Å². The van der Waals surface area contributed by atoms with Gasteiger partial charge in [0, 0.05) is 44.3 Å². The maximum atomic E-state index is 12.8. The second-order valence-electron chi connectivity index (χ2n) is 8.83. The van der Waals surface area contributed by atoms with Gasteiger partial charge >= 0.3 is 6.03 Å². The van der Waals surface area contributed by atoms with Crippen LogP contribution in [0, 0.1) is 11.8 Å². The monoisotopic (exact) mass is 332 g/mol. The number of likely N-dealkylation sites (tertiary alicyclic amines) is 1. The minimum Gasteiger partial charge on any atom is -0.334 e. The Morgan fingerprint density at radius 3 is 2.46 bits per heavy atom. The molecule has 0 radical (unpaired) electrons. The van der Waals surface area contributed by atoms with Crippen molar-refractivity contribution in [3.8, 4) is 0 Å². The van der Waals surface area contributed by atoms with E-state index in [1.807, 2.05) is 0 Å². The second kappa shape index (κ2) is 6.17. The Bertz CT molecular complexity index is 498. The van der Waals surface area contributed by atoms with Gasteiger partial charge in [-0.3, -0.25) is 9.80 Å². The van der Waals surface area contributed by atoms with Crippen molar-refractivity contribution in [2.24, 2.45) is 11.8 Å².